The summed E-state index contributed by atoms with van der Waals surface area (Å²) < 4.78 is 0. The summed E-state index contributed by atoms with van der Waals surface area (Å²) in [7, 11) is 1.54. The zero-order valence-electron chi connectivity index (χ0n) is 30.4. The molecule has 5 aliphatic carbocycles. The summed E-state index contributed by atoms with van der Waals surface area (Å²) in [5, 5.41) is 19.6. The monoisotopic (exact) mass is 659 g/mol. The summed E-state index contributed by atoms with van der Waals surface area (Å²) in [6, 6.07) is 7.45. The fraction of sp³-hybridized carbons (Fsp3) is 0.732. The smallest absolute Gasteiger partial charge is 0.251 e. The zero-order chi connectivity index (χ0) is 34.6. The van der Waals surface area contributed by atoms with Gasteiger partial charge in [0.1, 0.15) is 0 Å². The molecule has 0 spiro atoms. The molecule has 7 heteroatoms. The van der Waals surface area contributed by atoms with E-state index in [-0.39, 0.29) is 52.0 Å². The first-order valence-electron chi connectivity index (χ1n) is 18.9. The third-order valence-corrected chi connectivity index (χ3v) is 15.2. The first kappa shape index (κ1) is 35.2. The highest BCUT2D eigenvalue weighted by atomic mass is 16.3. The Morgan fingerprint density at radius 1 is 0.896 bits per heavy atom. The van der Waals surface area contributed by atoms with Crippen LogP contribution in [0.3, 0.4) is 0 Å². The first-order chi connectivity index (χ1) is 22.7. The molecular formula is C41H61N3O4. The van der Waals surface area contributed by atoms with Gasteiger partial charge in [0.25, 0.3) is 5.91 Å². The molecule has 1 aromatic rings. The van der Waals surface area contributed by atoms with Gasteiger partial charge in [-0.3, -0.25) is 14.4 Å². The summed E-state index contributed by atoms with van der Waals surface area (Å²) in [6.07, 6.45) is 11.4. The van der Waals surface area contributed by atoms with Crippen molar-refractivity contribution in [2.45, 2.75) is 111 Å². The lowest BCUT2D eigenvalue weighted by molar-refractivity contribution is -0.216. The molecule has 4 N–H and O–H groups in total. The fourth-order valence-electron chi connectivity index (χ4n) is 12.9. The normalized spacial score (nSPS) is 39.5. The Kier molecular flexibility index (Phi) is 9.45. The summed E-state index contributed by atoms with van der Waals surface area (Å²) >= 11 is 0. The molecule has 48 heavy (non-hydrogen) atoms. The molecule has 264 valence electrons. The van der Waals surface area contributed by atoms with Gasteiger partial charge in [-0.15, -0.1) is 0 Å². The van der Waals surface area contributed by atoms with Crippen LogP contribution in [0.4, 0.5) is 0 Å². The van der Waals surface area contributed by atoms with Gasteiger partial charge < -0.3 is 21.1 Å². The summed E-state index contributed by atoms with van der Waals surface area (Å²) in [5.74, 6) is 2.84. The van der Waals surface area contributed by atoms with E-state index in [2.05, 4.69) is 57.1 Å². The van der Waals surface area contributed by atoms with E-state index in [9.17, 15) is 19.5 Å². The van der Waals surface area contributed by atoms with Gasteiger partial charge in [0, 0.05) is 19.2 Å². The zero-order valence-corrected chi connectivity index (χ0v) is 30.4. The van der Waals surface area contributed by atoms with Crippen LogP contribution in [0.15, 0.2) is 36.4 Å². The molecule has 10 atom stereocenters. The minimum Gasteiger partial charge on any atom is -0.393 e. The molecule has 5 saturated carbocycles. The predicted octanol–water partition coefficient (Wildman–Crippen LogP) is 6.45. The molecule has 0 heterocycles. The van der Waals surface area contributed by atoms with Gasteiger partial charge in [-0.1, -0.05) is 52.0 Å². The Bertz CT molecular complexity index is 1440. The highest BCUT2D eigenvalue weighted by Crippen LogP contribution is 2.73. The standard InChI is InChI=1S/C41H61N3O4/c1-25(2)28-13-20-41(37(48)43-22-17-26-9-8-10-27(23-26)36(47)44-24-34(46)42-7)21-14-30-29(35(28)41)11-12-32-39(30,5)18-15-31-38(3,4)33(45)16-19-40(31,32)6/h8-10,23,28-33,35,45H,1,11-22,24H2,2-7H3,(H,42,46)(H,43,48)(H,44,47). The number of rotatable bonds is 8. The van der Waals surface area contributed by atoms with Crippen molar-refractivity contribution in [3.05, 3.63) is 47.5 Å². The lowest BCUT2D eigenvalue weighted by Crippen LogP contribution is -2.64. The molecule has 10 unspecified atom stereocenters. The van der Waals surface area contributed by atoms with Crippen LogP contribution >= 0.6 is 0 Å². The van der Waals surface area contributed by atoms with Crippen LogP contribution in [-0.4, -0.2) is 49.1 Å². The van der Waals surface area contributed by atoms with Crippen molar-refractivity contribution >= 4 is 17.7 Å². The molecule has 0 aromatic heterocycles. The van der Waals surface area contributed by atoms with Gasteiger partial charge in [-0.2, -0.15) is 0 Å². The number of nitrogens with one attached hydrogen (secondary N) is 3. The van der Waals surface area contributed by atoms with Crippen molar-refractivity contribution in [3.8, 4) is 0 Å². The summed E-state index contributed by atoms with van der Waals surface area (Å²) in [5.41, 5.74) is 2.90. The second-order valence-electron chi connectivity index (χ2n) is 17.7. The molecule has 6 rings (SSSR count). The number of likely N-dealkylation sites (N-methyl/N-ethyl adjacent to an activating group) is 1. The lowest BCUT2D eigenvalue weighted by Gasteiger charge is -2.69. The van der Waals surface area contributed by atoms with E-state index in [0.29, 0.717) is 54.0 Å². The van der Waals surface area contributed by atoms with E-state index in [4.69, 9.17) is 0 Å². The van der Waals surface area contributed by atoms with Crippen LogP contribution in [0.5, 0.6) is 0 Å². The maximum Gasteiger partial charge on any atom is 0.251 e. The van der Waals surface area contributed by atoms with Gasteiger partial charge in [-0.25, -0.2) is 0 Å². The number of fused-ring (bicyclic) bond motifs is 7. The molecule has 0 saturated heterocycles. The first-order valence-corrected chi connectivity index (χ1v) is 18.9. The van der Waals surface area contributed by atoms with Crippen LogP contribution in [0.25, 0.3) is 0 Å². The van der Waals surface area contributed by atoms with Crippen LogP contribution in [0.2, 0.25) is 0 Å². The average Bonchev–Trinajstić information content (AvgIpc) is 3.47. The van der Waals surface area contributed by atoms with Crippen molar-refractivity contribution < 1.29 is 19.5 Å². The van der Waals surface area contributed by atoms with Crippen molar-refractivity contribution in [3.63, 3.8) is 0 Å². The number of hydrogen-bond acceptors (Lipinski definition) is 4. The van der Waals surface area contributed by atoms with E-state index in [1.54, 1.807) is 13.1 Å². The minimum absolute atomic E-state index is 0.0397. The van der Waals surface area contributed by atoms with Gasteiger partial charge in [0.15, 0.2) is 0 Å². The van der Waals surface area contributed by atoms with Crippen LogP contribution in [0, 0.1) is 57.2 Å². The Labute approximate surface area is 288 Å². The Morgan fingerprint density at radius 2 is 1.62 bits per heavy atom. The SMILES string of the molecule is C=C(C)C1CCC2(C(=O)NCCc3cccc(C(=O)NCC(=O)NC)c3)CCC3C(CCC4C3(C)CCC3C(C)(C)C(O)CCC34C)C12. The molecule has 0 aliphatic heterocycles. The van der Waals surface area contributed by atoms with E-state index < -0.39 is 0 Å². The topological polar surface area (TPSA) is 108 Å². The number of aliphatic hydroxyl groups is 1. The minimum atomic E-state index is -0.340. The molecule has 0 bridgehead atoms. The third-order valence-electron chi connectivity index (χ3n) is 15.2. The molecular weight excluding hydrogens is 598 g/mol. The summed E-state index contributed by atoms with van der Waals surface area (Å²) in [6.45, 7) is 17.0. The molecule has 5 fully saturated rings. The average molecular weight is 660 g/mol. The van der Waals surface area contributed by atoms with Crippen LogP contribution in [-0.2, 0) is 16.0 Å². The quantitative estimate of drug-likeness (QED) is 0.241. The molecule has 7 nitrogen and oxygen atoms in total. The van der Waals surface area contributed by atoms with E-state index in [1.165, 1.54) is 31.3 Å². The van der Waals surface area contributed by atoms with Crippen molar-refractivity contribution in [2.75, 3.05) is 20.1 Å². The van der Waals surface area contributed by atoms with Crippen LogP contribution < -0.4 is 16.0 Å². The Hall–Kier alpha value is -2.67. The summed E-state index contributed by atoms with van der Waals surface area (Å²) in [4.78, 5) is 38.6. The number of benzene rings is 1. The highest BCUT2D eigenvalue weighted by Gasteiger charge is 2.68. The highest BCUT2D eigenvalue weighted by molar-refractivity contribution is 5.96. The number of carbonyl (C=O) groups excluding carboxylic acids is 3. The van der Waals surface area contributed by atoms with Gasteiger partial charge >= 0.3 is 0 Å². The number of amides is 3. The number of hydrogen-bond donors (Lipinski definition) is 4. The predicted molar refractivity (Wildman–Crippen MR) is 190 cm³/mol. The largest absolute Gasteiger partial charge is 0.393 e. The number of aliphatic hydroxyl groups excluding tert-OH is 1. The van der Waals surface area contributed by atoms with E-state index >= 15 is 0 Å². The molecule has 1 aromatic carbocycles. The van der Waals surface area contributed by atoms with Crippen molar-refractivity contribution in [1.29, 1.82) is 0 Å². The van der Waals surface area contributed by atoms with Crippen molar-refractivity contribution in [2.24, 2.45) is 57.2 Å². The maximum absolute atomic E-state index is 14.4. The fourth-order valence-corrected chi connectivity index (χ4v) is 12.9. The van der Waals surface area contributed by atoms with Gasteiger partial charge in [0.05, 0.1) is 18.1 Å². The molecule has 5 aliphatic rings. The maximum atomic E-state index is 14.4. The second kappa shape index (κ2) is 12.9. The Morgan fingerprint density at radius 3 is 2.35 bits per heavy atom. The van der Waals surface area contributed by atoms with E-state index in [1.807, 2.05) is 18.2 Å². The van der Waals surface area contributed by atoms with Crippen molar-refractivity contribution in [1.82, 2.24) is 16.0 Å². The van der Waals surface area contributed by atoms with Gasteiger partial charge in [0.2, 0.25) is 11.8 Å². The van der Waals surface area contributed by atoms with E-state index in [0.717, 1.165) is 44.1 Å². The molecule has 3 amide bonds. The molecule has 0 radical (unpaired) electrons. The third kappa shape index (κ3) is 5.64. The van der Waals surface area contributed by atoms with Gasteiger partial charge in [-0.05, 0) is 147 Å². The number of carbonyl (C=O) groups is 3. The van der Waals surface area contributed by atoms with Crippen LogP contribution in [0.1, 0.15) is 115 Å². The number of allylic oxidation sites excluding steroid dienone is 1. The second-order valence-corrected chi connectivity index (χ2v) is 17.7. The Balaban J connectivity index is 1.17. The lowest BCUT2D eigenvalue weighted by atomic mass is 9.36.